The number of hydrogen-bond acceptors (Lipinski definition) is 7. The zero-order valence-corrected chi connectivity index (χ0v) is 17.2. The van der Waals surface area contributed by atoms with Gasteiger partial charge in [0.1, 0.15) is 11.5 Å². The molecular weight excluding hydrogens is 418 g/mol. The summed E-state index contributed by atoms with van der Waals surface area (Å²) in [5, 5.41) is 14.4. The smallest absolute Gasteiger partial charge is 0.274 e. The lowest BCUT2D eigenvalue weighted by Crippen LogP contribution is -2.19. The van der Waals surface area contributed by atoms with Gasteiger partial charge in [-0.1, -0.05) is 36.4 Å². The Labute approximate surface area is 177 Å². The summed E-state index contributed by atoms with van der Waals surface area (Å²) < 4.78 is 30.3. The fraction of sp³-hybridized carbons (Fsp3) is 0.0476. The first kappa shape index (κ1) is 20.2. The molecule has 1 amide bonds. The van der Waals surface area contributed by atoms with Crippen molar-refractivity contribution >= 4 is 33.2 Å². The normalized spacial score (nSPS) is 12.0. The number of sulfone groups is 1. The van der Waals surface area contributed by atoms with E-state index < -0.39 is 15.7 Å². The molecule has 0 radical (unpaired) electrons. The molecule has 4 aromatic rings. The van der Waals surface area contributed by atoms with E-state index in [1.165, 1.54) is 29.2 Å². The molecule has 156 valence electrons. The third-order valence-corrected chi connectivity index (χ3v) is 5.41. The fourth-order valence-corrected chi connectivity index (χ4v) is 3.51. The molecular formula is C21H17N5O4S. The summed E-state index contributed by atoms with van der Waals surface area (Å²) in [5.74, 6) is 0.231. The molecule has 2 aromatic carbocycles. The third kappa shape index (κ3) is 4.59. The van der Waals surface area contributed by atoms with Crippen LogP contribution in [0.5, 0.6) is 0 Å². The van der Waals surface area contributed by atoms with Gasteiger partial charge in [0.2, 0.25) is 0 Å². The number of carbonyl (C=O) groups is 1. The number of anilines is 1. The molecule has 2 heterocycles. The minimum Gasteiger partial charge on any atom is -0.465 e. The summed E-state index contributed by atoms with van der Waals surface area (Å²) in [6.45, 7) is 0. The Morgan fingerprint density at radius 1 is 1.06 bits per heavy atom. The number of furan rings is 1. The monoisotopic (exact) mass is 435 g/mol. The highest BCUT2D eigenvalue weighted by Crippen LogP contribution is 2.22. The summed E-state index contributed by atoms with van der Waals surface area (Å²) in [4.78, 5) is 13.3. The Balaban J connectivity index is 1.75. The Morgan fingerprint density at radius 3 is 2.58 bits per heavy atom. The Hall–Kier alpha value is -4.05. The lowest BCUT2D eigenvalue weighted by Gasteiger charge is -2.11. The molecule has 0 aliphatic rings. The van der Waals surface area contributed by atoms with Crippen LogP contribution in [-0.2, 0) is 14.6 Å². The van der Waals surface area contributed by atoms with Gasteiger partial charge in [-0.25, -0.2) is 8.42 Å². The molecule has 0 bridgehead atoms. The van der Waals surface area contributed by atoms with E-state index in [1.807, 2.05) is 30.3 Å². The van der Waals surface area contributed by atoms with E-state index in [0.29, 0.717) is 22.8 Å². The minimum atomic E-state index is -3.43. The molecule has 0 aliphatic carbocycles. The number of amides is 1. The van der Waals surface area contributed by atoms with Gasteiger partial charge in [0.15, 0.2) is 15.7 Å². The molecule has 31 heavy (non-hydrogen) atoms. The average Bonchev–Trinajstić information content (AvgIpc) is 3.44. The lowest BCUT2D eigenvalue weighted by molar-refractivity contribution is -0.111. The van der Waals surface area contributed by atoms with Crippen LogP contribution in [0.3, 0.4) is 0 Å². The summed E-state index contributed by atoms with van der Waals surface area (Å²) in [6, 6.07) is 18.5. The quantitative estimate of drug-likeness (QED) is 0.462. The maximum Gasteiger partial charge on any atom is 0.274 e. The molecule has 0 unspecified atom stereocenters. The lowest BCUT2D eigenvalue weighted by atomic mass is 10.2. The van der Waals surface area contributed by atoms with Crippen LogP contribution in [0.2, 0.25) is 0 Å². The summed E-state index contributed by atoms with van der Waals surface area (Å²) >= 11 is 0. The Morgan fingerprint density at radius 2 is 1.87 bits per heavy atom. The number of tetrazole rings is 1. The topological polar surface area (TPSA) is 120 Å². The SMILES string of the molecule is CS(=O)(=O)c1cccc(NC(=O)/C(=C\c2ccco2)n2nnnc2-c2ccccc2)c1. The summed E-state index contributed by atoms with van der Waals surface area (Å²) in [5.41, 5.74) is 1.11. The van der Waals surface area contributed by atoms with E-state index >= 15 is 0 Å². The molecule has 1 N–H and O–H groups in total. The maximum absolute atomic E-state index is 13.2. The second-order valence-corrected chi connectivity index (χ2v) is 8.60. The van der Waals surface area contributed by atoms with E-state index in [1.54, 1.807) is 24.3 Å². The van der Waals surface area contributed by atoms with Gasteiger partial charge in [-0.3, -0.25) is 4.79 Å². The van der Waals surface area contributed by atoms with Gasteiger partial charge < -0.3 is 9.73 Å². The largest absolute Gasteiger partial charge is 0.465 e. The van der Waals surface area contributed by atoms with Crippen molar-refractivity contribution in [2.24, 2.45) is 0 Å². The standard InChI is InChI=1S/C21H17N5O4S/c1-31(28,29)18-11-5-9-16(13-18)22-21(27)19(14-17-10-6-12-30-17)26-20(23-24-25-26)15-7-3-2-4-8-15/h2-14H,1H3,(H,22,27)/b19-14+. The molecule has 0 atom stereocenters. The summed E-state index contributed by atoms with van der Waals surface area (Å²) in [6.07, 6.45) is 4.08. The Bertz CT molecular complexity index is 1340. The molecule has 0 saturated carbocycles. The van der Waals surface area contributed by atoms with Gasteiger partial charge in [0.25, 0.3) is 5.91 Å². The highest BCUT2D eigenvalue weighted by atomic mass is 32.2. The van der Waals surface area contributed by atoms with Crippen LogP contribution >= 0.6 is 0 Å². The van der Waals surface area contributed by atoms with Gasteiger partial charge in [0.05, 0.1) is 11.2 Å². The van der Waals surface area contributed by atoms with Crippen LogP contribution in [-0.4, -0.2) is 40.8 Å². The van der Waals surface area contributed by atoms with Gasteiger partial charge in [-0.2, -0.15) is 4.68 Å². The molecule has 10 heteroatoms. The van der Waals surface area contributed by atoms with Gasteiger partial charge >= 0.3 is 0 Å². The molecule has 4 rings (SSSR count). The first-order chi connectivity index (χ1) is 14.9. The van der Waals surface area contributed by atoms with E-state index in [4.69, 9.17) is 4.42 Å². The van der Waals surface area contributed by atoms with Crippen LogP contribution in [0.1, 0.15) is 5.76 Å². The van der Waals surface area contributed by atoms with Crippen molar-refractivity contribution in [3.8, 4) is 11.4 Å². The molecule has 0 spiro atoms. The van der Waals surface area contributed by atoms with E-state index in [-0.39, 0.29) is 10.6 Å². The second kappa shape index (κ2) is 8.36. The van der Waals surface area contributed by atoms with Gasteiger partial charge in [-0.05, 0) is 40.8 Å². The maximum atomic E-state index is 13.2. The van der Waals surface area contributed by atoms with E-state index in [2.05, 4.69) is 20.8 Å². The molecule has 0 saturated heterocycles. The minimum absolute atomic E-state index is 0.0866. The second-order valence-electron chi connectivity index (χ2n) is 6.58. The number of nitrogens with one attached hydrogen (secondary N) is 1. The number of nitrogens with zero attached hydrogens (tertiary/aromatic N) is 4. The number of benzene rings is 2. The van der Waals surface area contributed by atoms with Crippen molar-refractivity contribution in [1.29, 1.82) is 0 Å². The van der Waals surface area contributed by atoms with Crippen molar-refractivity contribution in [3.05, 3.63) is 78.8 Å². The van der Waals surface area contributed by atoms with Crippen LogP contribution in [0, 0.1) is 0 Å². The van der Waals surface area contributed by atoms with Crippen molar-refractivity contribution in [2.75, 3.05) is 11.6 Å². The number of hydrogen-bond donors (Lipinski definition) is 1. The summed E-state index contributed by atoms with van der Waals surface area (Å²) in [7, 11) is -3.43. The number of carbonyl (C=O) groups excluding carboxylic acids is 1. The molecule has 9 nitrogen and oxygen atoms in total. The van der Waals surface area contributed by atoms with Crippen molar-refractivity contribution < 1.29 is 17.6 Å². The van der Waals surface area contributed by atoms with Crippen LogP contribution in [0.15, 0.2) is 82.3 Å². The zero-order chi connectivity index (χ0) is 21.8. The fourth-order valence-electron chi connectivity index (χ4n) is 2.85. The van der Waals surface area contributed by atoms with E-state index in [9.17, 15) is 13.2 Å². The van der Waals surface area contributed by atoms with Gasteiger partial charge in [-0.15, -0.1) is 5.10 Å². The highest BCUT2D eigenvalue weighted by Gasteiger charge is 2.20. The number of aromatic nitrogens is 4. The highest BCUT2D eigenvalue weighted by molar-refractivity contribution is 7.90. The first-order valence-corrected chi connectivity index (χ1v) is 11.0. The first-order valence-electron chi connectivity index (χ1n) is 9.13. The third-order valence-electron chi connectivity index (χ3n) is 4.30. The van der Waals surface area contributed by atoms with Crippen LogP contribution < -0.4 is 5.32 Å². The van der Waals surface area contributed by atoms with Crippen molar-refractivity contribution in [2.45, 2.75) is 4.90 Å². The zero-order valence-electron chi connectivity index (χ0n) is 16.3. The van der Waals surface area contributed by atoms with E-state index in [0.717, 1.165) is 6.26 Å². The van der Waals surface area contributed by atoms with Crippen molar-refractivity contribution in [1.82, 2.24) is 20.2 Å². The Kier molecular flexibility index (Phi) is 5.46. The van der Waals surface area contributed by atoms with Crippen molar-refractivity contribution in [3.63, 3.8) is 0 Å². The van der Waals surface area contributed by atoms with Gasteiger partial charge in [0, 0.05) is 23.6 Å². The predicted octanol–water partition coefficient (Wildman–Crippen LogP) is 2.97. The average molecular weight is 435 g/mol. The number of rotatable bonds is 6. The molecule has 2 aromatic heterocycles. The van der Waals surface area contributed by atoms with Crippen LogP contribution in [0.25, 0.3) is 23.2 Å². The molecule has 0 fully saturated rings. The predicted molar refractivity (Wildman–Crippen MR) is 114 cm³/mol. The van der Waals surface area contributed by atoms with Crippen LogP contribution in [0.4, 0.5) is 5.69 Å². The molecule has 0 aliphatic heterocycles.